The molecule has 0 saturated carbocycles. The number of furan rings is 1. The highest BCUT2D eigenvalue weighted by atomic mass is 16.5. The van der Waals surface area contributed by atoms with E-state index in [1.165, 1.54) is 0 Å². The van der Waals surface area contributed by atoms with Crippen molar-refractivity contribution in [2.75, 3.05) is 7.11 Å². The zero-order valence-corrected chi connectivity index (χ0v) is 7.10. The van der Waals surface area contributed by atoms with Gasteiger partial charge in [0.1, 0.15) is 5.76 Å². The van der Waals surface area contributed by atoms with Gasteiger partial charge in [0, 0.05) is 0 Å². The Labute approximate surface area is 66.5 Å². The van der Waals surface area contributed by atoms with Crippen LogP contribution in [0.15, 0.2) is 17.1 Å². The van der Waals surface area contributed by atoms with Crippen LogP contribution in [0.1, 0.15) is 17.1 Å². The van der Waals surface area contributed by atoms with Crippen LogP contribution >= 0.6 is 0 Å². The fraction of sp³-hybridized carbons (Fsp3) is 0.333. The third-order valence-electron chi connectivity index (χ3n) is 1.54. The van der Waals surface area contributed by atoms with Crippen molar-refractivity contribution in [2.45, 2.75) is 13.8 Å². The van der Waals surface area contributed by atoms with Crippen LogP contribution in [0.4, 0.5) is 0 Å². The summed E-state index contributed by atoms with van der Waals surface area (Å²) >= 11 is 0. The SMILES string of the molecule is C=C(OC)c1oc(C)cc1C. The highest BCUT2D eigenvalue weighted by Gasteiger charge is 2.07. The van der Waals surface area contributed by atoms with Crippen molar-refractivity contribution >= 4 is 5.76 Å². The topological polar surface area (TPSA) is 22.4 Å². The zero-order valence-electron chi connectivity index (χ0n) is 7.10. The van der Waals surface area contributed by atoms with Gasteiger partial charge in [0.2, 0.25) is 0 Å². The van der Waals surface area contributed by atoms with Crippen molar-refractivity contribution in [3.63, 3.8) is 0 Å². The summed E-state index contributed by atoms with van der Waals surface area (Å²) in [6.07, 6.45) is 0. The van der Waals surface area contributed by atoms with E-state index in [0.717, 1.165) is 17.1 Å². The van der Waals surface area contributed by atoms with Gasteiger partial charge in [0.25, 0.3) is 0 Å². The van der Waals surface area contributed by atoms with Gasteiger partial charge in [0.05, 0.1) is 7.11 Å². The maximum Gasteiger partial charge on any atom is 0.171 e. The quantitative estimate of drug-likeness (QED) is 0.607. The monoisotopic (exact) mass is 152 g/mol. The van der Waals surface area contributed by atoms with Gasteiger partial charge in [-0.2, -0.15) is 0 Å². The first-order valence-electron chi connectivity index (χ1n) is 3.45. The second-order valence-corrected chi connectivity index (χ2v) is 2.50. The Morgan fingerprint density at radius 2 is 2.18 bits per heavy atom. The van der Waals surface area contributed by atoms with Gasteiger partial charge < -0.3 is 9.15 Å². The van der Waals surface area contributed by atoms with Crippen molar-refractivity contribution in [3.8, 4) is 0 Å². The minimum absolute atomic E-state index is 0.579. The van der Waals surface area contributed by atoms with Gasteiger partial charge >= 0.3 is 0 Å². The predicted octanol–water partition coefficient (Wildman–Crippen LogP) is 2.51. The fourth-order valence-electron chi connectivity index (χ4n) is 1.01. The number of methoxy groups -OCH3 is 1. The summed E-state index contributed by atoms with van der Waals surface area (Å²) in [5.41, 5.74) is 1.06. The average molecular weight is 152 g/mol. The van der Waals surface area contributed by atoms with Crippen LogP contribution in [0.2, 0.25) is 0 Å². The number of hydrogen-bond donors (Lipinski definition) is 0. The highest BCUT2D eigenvalue weighted by molar-refractivity contribution is 5.55. The van der Waals surface area contributed by atoms with E-state index in [9.17, 15) is 0 Å². The Hall–Kier alpha value is -1.18. The summed E-state index contributed by atoms with van der Waals surface area (Å²) in [5, 5.41) is 0. The Kier molecular flexibility index (Phi) is 2.03. The molecule has 0 bridgehead atoms. The van der Waals surface area contributed by atoms with Crippen LogP contribution < -0.4 is 0 Å². The van der Waals surface area contributed by atoms with Crippen molar-refractivity contribution in [3.05, 3.63) is 29.7 Å². The van der Waals surface area contributed by atoms with Gasteiger partial charge in [-0.05, 0) is 25.5 Å². The first-order valence-corrected chi connectivity index (χ1v) is 3.45. The van der Waals surface area contributed by atoms with Gasteiger partial charge in [-0.25, -0.2) is 0 Å². The van der Waals surface area contributed by atoms with Crippen LogP contribution in [0.5, 0.6) is 0 Å². The van der Waals surface area contributed by atoms with E-state index in [0.29, 0.717) is 5.76 Å². The fourth-order valence-corrected chi connectivity index (χ4v) is 1.01. The molecule has 2 nitrogen and oxygen atoms in total. The molecule has 0 atom stereocenters. The Balaban J connectivity index is 3.03. The molecule has 60 valence electrons. The summed E-state index contributed by atoms with van der Waals surface area (Å²) in [5.74, 6) is 2.20. The second-order valence-electron chi connectivity index (χ2n) is 2.50. The lowest BCUT2D eigenvalue weighted by Crippen LogP contribution is -1.83. The second kappa shape index (κ2) is 2.82. The standard InChI is InChI=1S/C9H12O2/c1-6-5-7(2)11-9(6)8(3)10-4/h5H,3H2,1-2,4H3. The molecule has 11 heavy (non-hydrogen) atoms. The maximum absolute atomic E-state index is 5.34. The van der Waals surface area contributed by atoms with Crippen LogP contribution in [0.3, 0.4) is 0 Å². The number of hydrogen-bond acceptors (Lipinski definition) is 2. The molecule has 1 aromatic rings. The van der Waals surface area contributed by atoms with Crippen molar-refractivity contribution in [2.24, 2.45) is 0 Å². The largest absolute Gasteiger partial charge is 0.493 e. The third kappa shape index (κ3) is 1.45. The minimum atomic E-state index is 0.579. The minimum Gasteiger partial charge on any atom is -0.493 e. The molecule has 1 rings (SSSR count). The summed E-state index contributed by atoms with van der Waals surface area (Å²) in [7, 11) is 1.58. The van der Waals surface area contributed by atoms with Crippen LogP contribution in [-0.4, -0.2) is 7.11 Å². The molecule has 0 unspecified atom stereocenters. The molecular formula is C9H12O2. The summed E-state index contributed by atoms with van der Waals surface area (Å²) in [6, 6.07) is 1.96. The lowest BCUT2D eigenvalue weighted by atomic mass is 10.2. The number of rotatable bonds is 2. The summed E-state index contributed by atoms with van der Waals surface area (Å²) in [4.78, 5) is 0. The molecule has 0 saturated heterocycles. The molecule has 1 aromatic heterocycles. The molecular weight excluding hydrogens is 140 g/mol. The molecule has 0 spiro atoms. The van der Waals surface area contributed by atoms with Crippen molar-refractivity contribution in [1.29, 1.82) is 0 Å². The zero-order chi connectivity index (χ0) is 8.43. The molecule has 0 amide bonds. The van der Waals surface area contributed by atoms with E-state index < -0.39 is 0 Å². The lowest BCUT2D eigenvalue weighted by Gasteiger charge is -1.99. The Bertz CT molecular complexity index is 271. The van der Waals surface area contributed by atoms with Crippen LogP contribution in [0.25, 0.3) is 5.76 Å². The predicted molar refractivity (Wildman–Crippen MR) is 44.2 cm³/mol. The molecule has 0 aliphatic carbocycles. The molecule has 0 aromatic carbocycles. The third-order valence-corrected chi connectivity index (χ3v) is 1.54. The molecule has 0 radical (unpaired) electrons. The summed E-state index contributed by atoms with van der Waals surface area (Å²) < 4.78 is 10.3. The molecule has 1 heterocycles. The molecule has 0 aliphatic rings. The van der Waals surface area contributed by atoms with Gasteiger partial charge in [0.15, 0.2) is 11.5 Å². The average Bonchev–Trinajstić information content (AvgIpc) is 2.28. The van der Waals surface area contributed by atoms with Crippen LogP contribution in [0, 0.1) is 13.8 Å². The number of ether oxygens (including phenoxy) is 1. The molecule has 2 heteroatoms. The Morgan fingerprint density at radius 1 is 1.55 bits per heavy atom. The van der Waals surface area contributed by atoms with Crippen LogP contribution in [-0.2, 0) is 4.74 Å². The van der Waals surface area contributed by atoms with E-state index in [1.807, 2.05) is 19.9 Å². The van der Waals surface area contributed by atoms with E-state index >= 15 is 0 Å². The van der Waals surface area contributed by atoms with Gasteiger partial charge in [-0.3, -0.25) is 0 Å². The first kappa shape index (κ1) is 7.92. The van der Waals surface area contributed by atoms with Crippen molar-refractivity contribution in [1.82, 2.24) is 0 Å². The number of aryl methyl sites for hydroxylation is 2. The lowest BCUT2D eigenvalue weighted by molar-refractivity contribution is 0.350. The van der Waals surface area contributed by atoms with E-state index in [2.05, 4.69) is 6.58 Å². The van der Waals surface area contributed by atoms with E-state index in [1.54, 1.807) is 7.11 Å². The van der Waals surface area contributed by atoms with E-state index in [4.69, 9.17) is 9.15 Å². The normalized spacial score (nSPS) is 9.73. The highest BCUT2D eigenvalue weighted by Crippen LogP contribution is 2.20. The summed E-state index contributed by atoms with van der Waals surface area (Å²) in [6.45, 7) is 7.57. The Morgan fingerprint density at radius 3 is 2.55 bits per heavy atom. The first-order chi connectivity index (χ1) is 5.15. The molecule has 0 aliphatic heterocycles. The van der Waals surface area contributed by atoms with Gasteiger partial charge in [-0.15, -0.1) is 0 Å². The smallest absolute Gasteiger partial charge is 0.171 e. The van der Waals surface area contributed by atoms with Crippen molar-refractivity contribution < 1.29 is 9.15 Å². The maximum atomic E-state index is 5.34. The van der Waals surface area contributed by atoms with E-state index in [-0.39, 0.29) is 0 Å². The molecule has 0 fully saturated rings. The van der Waals surface area contributed by atoms with Gasteiger partial charge in [-0.1, -0.05) is 6.58 Å². The molecule has 0 N–H and O–H groups in total.